The topological polar surface area (TPSA) is 95.6 Å². The lowest BCUT2D eigenvalue weighted by Gasteiger charge is -2.20. The number of carbonyl (C=O) groups is 2. The third-order valence-electron chi connectivity index (χ3n) is 6.13. The molecule has 4 rings (SSSR count). The first-order valence-corrected chi connectivity index (χ1v) is 13.0. The van der Waals surface area contributed by atoms with Gasteiger partial charge in [0, 0.05) is 24.2 Å². The van der Waals surface area contributed by atoms with Crippen molar-refractivity contribution in [2.24, 2.45) is 5.92 Å². The van der Waals surface area contributed by atoms with Crippen molar-refractivity contribution in [3.05, 3.63) is 89.5 Å². The van der Waals surface area contributed by atoms with Crippen LogP contribution in [0.4, 0.5) is 11.4 Å². The maximum absolute atomic E-state index is 13.2. The van der Waals surface area contributed by atoms with Crippen molar-refractivity contribution in [2.75, 3.05) is 16.7 Å². The average Bonchev–Trinajstić information content (AvgIpc) is 3.70. The lowest BCUT2D eigenvalue weighted by Crippen LogP contribution is -2.28. The summed E-state index contributed by atoms with van der Waals surface area (Å²) in [6.45, 7) is 3.78. The van der Waals surface area contributed by atoms with Crippen molar-refractivity contribution in [3.63, 3.8) is 0 Å². The van der Waals surface area contributed by atoms with Gasteiger partial charge in [0.1, 0.15) is 0 Å². The Balaban J connectivity index is 1.44. The summed E-state index contributed by atoms with van der Waals surface area (Å²) in [6, 6.07) is 20.2. The number of nitrogens with one attached hydrogen (secondary N) is 2. The minimum Gasteiger partial charge on any atom is -0.346 e. The second-order valence-corrected chi connectivity index (χ2v) is 10.9. The second kappa shape index (κ2) is 9.92. The third kappa shape index (κ3) is 5.71. The molecule has 0 heterocycles. The van der Waals surface area contributed by atoms with Crippen LogP contribution < -0.4 is 14.9 Å². The lowest BCUT2D eigenvalue weighted by molar-refractivity contribution is -0.117. The van der Waals surface area contributed by atoms with Gasteiger partial charge in [-0.3, -0.25) is 13.9 Å². The molecule has 1 fully saturated rings. The Kier molecular flexibility index (Phi) is 6.93. The Morgan fingerprint density at radius 3 is 2.26 bits per heavy atom. The first-order valence-electron chi connectivity index (χ1n) is 11.5. The summed E-state index contributed by atoms with van der Waals surface area (Å²) >= 11 is 0. The van der Waals surface area contributed by atoms with Crippen molar-refractivity contribution in [1.82, 2.24) is 5.32 Å². The predicted molar refractivity (Wildman–Crippen MR) is 137 cm³/mol. The van der Waals surface area contributed by atoms with E-state index in [9.17, 15) is 18.0 Å². The fourth-order valence-corrected chi connectivity index (χ4v) is 4.90. The number of anilines is 2. The average molecular weight is 492 g/mol. The summed E-state index contributed by atoms with van der Waals surface area (Å²) in [5.74, 6) is -0.204. The SMILES string of the molecule is Cc1ccc(N(C)S(=O)(=O)c2cccc(C(=O)NC(C)c3ccc(NC(=O)C4CC4)cc3)c2)cc1. The van der Waals surface area contributed by atoms with Gasteiger partial charge in [0.15, 0.2) is 0 Å². The number of hydrogen-bond donors (Lipinski definition) is 2. The quantitative estimate of drug-likeness (QED) is 0.479. The molecule has 0 radical (unpaired) electrons. The highest BCUT2D eigenvalue weighted by Crippen LogP contribution is 2.30. The molecule has 0 spiro atoms. The molecule has 8 heteroatoms. The number of benzene rings is 3. The number of amides is 2. The van der Waals surface area contributed by atoms with Crippen molar-refractivity contribution in [2.45, 2.75) is 37.6 Å². The van der Waals surface area contributed by atoms with Gasteiger partial charge in [-0.1, -0.05) is 35.9 Å². The van der Waals surface area contributed by atoms with Crippen molar-refractivity contribution >= 4 is 33.2 Å². The fourth-order valence-electron chi connectivity index (χ4n) is 3.66. The molecule has 0 saturated heterocycles. The minimum atomic E-state index is -3.84. The van der Waals surface area contributed by atoms with Gasteiger partial charge < -0.3 is 10.6 Å². The Morgan fingerprint density at radius 2 is 1.63 bits per heavy atom. The van der Waals surface area contributed by atoms with Crippen LogP contribution >= 0.6 is 0 Å². The van der Waals surface area contributed by atoms with Crippen LogP contribution in [0.2, 0.25) is 0 Å². The molecule has 0 bridgehead atoms. The van der Waals surface area contributed by atoms with E-state index in [1.54, 1.807) is 24.3 Å². The van der Waals surface area contributed by atoms with Gasteiger partial charge in [-0.15, -0.1) is 0 Å². The van der Waals surface area contributed by atoms with Gasteiger partial charge >= 0.3 is 0 Å². The number of rotatable bonds is 8. The van der Waals surface area contributed by atoms with Gasteiger partial charge in [-0.25, -0.2) is 8.42 Å². The zero-order chi connectivity index (χ0) is 25.2. The molecule has 1 unspecified atom stereocenters. The van der Waals surface area contributed by atoms with Crippen LogP contribution in [0.1, 0.15) is 47.3 Å². The molecule has 3 aromatic carbocycles. The Hall–Kier alpha value is -3.65. The number of aryl methyl sites for hydroxylation is 1. The maximum Gasteiger partial charge on any atom is 0.264 e. The van der Waals surface area contributed by atoms with Gasteiger partial charge in [0.25, 0.3) is 15.9 Å². The van der Waals surface area contributed by atoms with Crippen LogP contribution in [0.3, 0.4) is 0 Å². The highest BCUT2D eigenvalue weighted by molar-refractivity contribution is 7.92. The number of sulfonamides is 1. The largest absolute Gasteiger partial charge is 0.346 e. The number of hydrogen-bond acceptors (Lipinski definition) is 4. The van der Waals surface area contributed by atoms with E-state index in [1.807, 2.05) is 50.2 Å². The summed E-state index contributed by atoms with van der Waals surface area (Å²) in [6.07, 6.45) is 1.88. The van der Waals surface area contributed by atoms with E-state index in [4.69, 9.17) is 0 Å². The first-order chi connectivity index (χ1) is 16.6. The molecule has 1 aliphatic carbocycles. The van der Waals surface area contributed by atoms with Gasteiger partial charge in [0.2, 0.25) is 5.91 Å². The monoisotopic (exact) mass is 491 g/mol. The van der Waals surface area contributed by atoms with Crippen LogP contribution in [0.5, 0.6) is 0 Å². The molecule has 7 nitrogen and oxygen atoms in total. The Morgan fingerprint density at radius 1 is 0.971 bits per heavy atom. The normalized spacial score (nSPS) is 14.1. The second-order valence-electron chi connectivity index (χ2n) is 8.92. The first kappa shape index (κ1) is 24.5. The molecule has 0 aromatic heterocycles. The summed E-state index contributed by atoms with van der Waals surface area (Å²) < 4.78 is 27.5. The van der Waals surface area contributed by atoms with E-state index >= 15 is 0 Å². The molecule has 1 atom stereocenters. The Bertz CT molecular complexity index is 1330. The van der Waals surface area contributed by atoms with Crippen LogP contribution in [-0.4, -0.2) is 27.3 Å². The molecule has 0 aliphatic heterocycles. The highest BCUT2D eigenvalue weighted by Gasteiger charge is 2.29. The van der Waals surface area contributed by atoms with E-state index in [0.29, 0.717) is 5.69 Å². The maximum atomic E-state index is 13.2. The smallest absolute Gasteiger partial charge is 0.264 e. The predicted octanol–water partition coefficient (Wildman–Crippen LogP) is 4.66. The highest BCUT2D eigenvalue weighted by atomic mass is 32.2. The molecular weight excluding hydrogens is 462 g/mol. The van der Waals surface area contributed by atoms with Gasteiger partial charge in [-0.2, -0.15) is 0 Å². The van der Waals surface area contributed by atoms with Gasteiger partial charge in [0.05, 0.1) is 16.6 Å². The van der Waals surface area contributed by atoms with Crippen molar-refractivity contribution in [3.8, 4) is 0 Å². The molecule has 182 valence electrons. The Labute approximate surface area is 206 Å². The zero-order valence-corrected chi connectivity index (χ0v) is 20.8. The van der Waals surface area contributed by atoms with E-state index in [2.05, 4.69) is 10.6 Å². The van der Waals surface area contributed by atoms with E-state index < -0.39 is 10.0 Å². The third-order valence-corrected chi connectivity index (χ3v) is 7.91. The summed E-state index contributed by atoms with van der Waals surface area (Å²) in [4.78, 5) is 24.9. The number of carbonyl (C=O) groups excluding carboxylic acids is 2. The molecule has 2 N–H and O–H groups in total. The van der Waals surface area contributed by atoms with Crippen molar-refractivity contribution < 1.29 is 18.0 Å². The number of nitrogens with zero attached hydrogens (tertiary/aromatic N) is 1. The van der Waals surface area contributed by atoms with Crippen LogP contribution in [0.15, 0.2) is 77.7 Å². The standard InChI is InChI=1S/C27H29N3O4S/c1-18-7-15-24(16-8-18)30(3)35(33,34)25-6-4-5-22(17-25)27(32)28-19(2)20-11-13-23(14-12-20)29-26(31)21-9-10-21/h4-8,11-17,19,21H,9-10H2,1-3H3,(H,28,32)(H,29,31). The summed E-state index contributed by atoms with van der Waals surface area (Å²) in [5, 5.41) is 5.81. The lowest BCUT2D eigenvalue weighted by atomic mass is 10.1. The van der Waals surface area contributed by atoms with E-state index in [0.717, 1.165) is 29.7 Å². The van der Waals surface area contributed by atoms with Gasteiger partial charge in [-0.05, 0) is 74.7 Å². The molecule has 35 heavy (non-hydrogen) atoms. The summed E-state index contributed by atoms with van der Waals surface area (Å²) in [5.41, 5.74) is 3.41. The molecule has 2 amide bonds. The summed E-state index contributed by atoms with van der Waals surface area (Å²) in [7, 11) is -2.35. The molecular formula is C27H29N3O4S. The molecule has 1 aliphatic rings. The zero-order valence-electron chi connectivity index (χ0n) is 20.0. The van der Waals surface area contributed by atoms with E-state index in [1.165, 1.54) is 23.5 Å². The minimum absolute atomic E-state index is 0.0386. The van der Waals surface area contributed by atoms with Crippen LogP contribution in [0.25, 0.3) is 0 Å². The van der Waals surface area contributed by atoms with E-state index in [-0.39, 0.29) is 34.2 Å². The fraction of sp³-hybridized carbons (Fsp3) is 0.259. The molecule has 3 aromatic rings. The van der Waals surface area contributed by atoms with Crippen molar-refractivity contribution in [1.29, 1.82) is 0 Å². The molecule has 1 saturated carbocycles. The van der Waals surface area contributed by atoms with Crippen LogP contribution in [0, 0.1) is 12.8 Å². The van der Waals surface area contributed by atoms with Crippen LogP contribution in [-0.2, 0) is 14.8 Å².